The molecular formula is C21H21N3O. The minimum atomic E-state index is -0.0190. The molecule has 4 nitrogen and oxygen atoms in total. The van der Waals surface area contributed by atoms with Crippen LogP contribution >= 0.6 is 0 Å². The molecule has 25 heavy (non-hydrogen) atoms. The standard InChI is InChI=1S/C21H21N3O/c25-15-17-8-5-6-14-24(17)21-11-4-1-7-16(21)12-13-20-18-9-2-3-10-19(18)22-23-20/h1-4,7,9-13,15,17H,5-6,8,14H2,(H,22,23). The molecule has 4 rings (SSSR count). The second-order valence-corrected chi connectivity index (χ2v) is 6.44. The molecule has 0 bridgehead atoms. The third kappa shape index (κ3) is 3.07. The number of H-pyrrole nitrogens is 1. The molecule has 1 aliphatic rings. The predicted molar refractivity (Wildman–Crippen MR) is 103 cm³/mol. The van der Waals surface area contributed by atoms with Crippen LogP contribution in [0.5, 0.6) is 0 Å². The van der Waals surface area contributed by atoms with Crippen LogP contribution in [0.2, 0.25) is 0 Å². The van der Waals surface area contributed by atoms with E-state index < -0.39 is 0 Å². The molecule has 1 saturated heterocycles. The Balaban J connectivity index is 1.68. The number of para-hydroxylation sites is 2. The fraction of sp³-hybridized carbons (Fsp3) is 0.238. The lowest BCUT2D eigenvalue weighted by Gasteiger charge is -2.35. The number of nitrogens with zero attached hydrogens (tertiary/aromatic N) is 2. The van der Waals surface area contributed by atoms with E-state index in [1.54, 1.807) is 0 Å². The molecule has 2 aromatic carbocycles. The van der Waals surface area contributed by atoms with Crippen molar-refractivity contribution in [2.24, 2.45) is 0 Å². The zero-order valence-corrected chi connectivity index (χ0v) is 14.1. The molecule has 2 heterocycles. The van der Waals surface area contributed by atoms with E-state index in [2.05, 4.69) is 39.4 Å². The van der Waals surface area contributed by atoms with Gasteiger partial charge in [0.25, 0.3) is 0 Å². The number of aromatic nitrogens is 2. The lowest BCUT2D eigenvalue weighted by Crippen LogP contribution is -2.40. The first-order valence-electron chi connectivity index (χ1n) is 8.79. The highest BCUT2D eigenvalue weighted by atomic mass is 16.1. The molecule has 1 unspecified atom stereocenters. The van der Waals surface area contributed by atoms with Gasteiger partial charge < -0.3 is 9.69 Å². The summed E-state index contributed by atoms with van der Waals surface area (Å²) in [5.41, 5.74) is 4.20. The maximum absolute atomic E-state index is 11.5. The van der Waals surface area contributed by atoms with Crippen molar-refractivity contribution in [3.8, 4) is 0 Å². The fourth-order valence-corrected chi connectivity index (χ4v) is 3.57. The molecule has 0 aliphatic carbocycles. The zero-order valence-electron chi connectivity index (χ0n) is 14.1. The van der Waals surface area contributed by atoms with Gasteiger partial charge in [0.2, 0.25) is 0 Å². The minimum absolute atomic E-state index is 0.0190. The van der Waals surface area contributed by atoms with Gasteiger partial charge in [-0.3, -0.25) is 5.10 Å². The number of aldehydes is 1. The van der Waals surface area contributed by atoms with Crippen molar-refractivity contribution >= 4 is 35.0 Å². The Morgan fingerprint density at radius 2 is 1.88 bits per heavy atom. The highest BCUT2D eigenvalue weighted by Gasteiger charge is 2.23. The Morgan fingerprint density at radius 1 is 1.04 bits per heavy atom. The van der Waals surface area contributed by atoms with Gasteiger partial charge in [-0.1, -0.05) is 42.5 Å². The summed E-state index contributed by atoms with van der Waals surface area (Å²) >= 11 is 0. The summed E-state index contributed by atoms with van der Waals surface area (Å²) in [5.74, 6) is 0. The summed E-state index contributed by atoms with van der Waals surface area (Å²) in [7, 11) is 0. The smallest absolute Gasteiger partial charge is 0.142 e. The number of aromatic amines is 1. The number of hydrogen-bond acceptors (Lipinski definition) is 3. The maximum atomic E-state index is 11.5. The number of anilines is 1. The van der Waals surface area contributed by atoms with Crippen LogP contribution in [0.25, 0.3) is 23.1 Å². The average Bonchev–Trinajstić information content (AvgIpc) is 3.10. The van der Waals surface area contributed by atoms with Crippen LogP contribution in [0.1, 0.15) is 30.5 Å². The first-order valence-corrected chi connectivity index (χ1v) is 8.79. The van der Waals surface area contributed by atoms with E-state index in [-0.39, 0.29) is 6.04 Å². The summed E-state index contributed by atoms with van der Waals surface area (Å²) in [6, 6.07) is 16.4. The van der Waals surface area contributed by atoms with Gasteiger partial charge in [0.05, 0.1) is 17.3 Å². The molecule has 1 atom stereocenters. The molecule has 1 aliphatic heterocycles. The second-order valence-electron chi connectivity index (χ2n) is 6.44. The Bertz CT molecular complexity index is 912. The normalized spacial score (nSPS) is 18.1. The lowest BCUT2D eigenvalue weighted by molar-refractivity contribution is -0.109. The first kappa shape index (κ1) is 15.6. The van der Waals surface area contributed by atoms with E-state index in [1.165, 1.54) is 0 Å². The fourth-order valence-electron chi connectivity index (χ4n) is 3.57. The van der Waals surface area contributed by atoms with E-state index in [1.807, 2.05) is 36.4 Å². The van der Waals surface area contributed by atoms with Gasteiger partial charge in [-0.2, -0.15) is 5.10 Å². The Morgan fingerprint density at radius 3 is 2.80 bits per heavy atom. The summed E-state index contributed by atoms with van der Waals surface area (Å²) in [5, 5.41) is 8.57. The Hall–Kier alpha value is -2.88. The number of hydrogen-bond donors (Lipinski definition) is 1. The maximum Gasteiger partial charge on any atom is 0.142 e. The van der Waals surface area contributed by atoms with Gasteiger partial charge in [0.1, 0.15) is 6.29 Å². The Kier molecular flexibility index (Phi) is 4.34. The zero-order chi connectivity index (χ0) is 17.1. The SMILES string of the molecule is O=CC1CCCCN1c1ccccc1C=Cc1n[nH]c2ccccc12. The van der Waals surface area contributed by atoms with Gasteiger partial charge in [-0.05, 0) is 43.0 Å². The average molecular weight is 331 g/mol. The molecule has 1 N–H and O–H groups in total. The molecular weight excluding hydrogens is 310 g/mol. The van der Waals surface area contributed by atoms with Crippen molar-refractivity contribution in [3.63, 3.8) is 0 Å². The highest BCUT2D eigenvalue weighted by Crippen LogP contribution is 2.29. The van der Waals surface area contributed by atoms with E-state index in [0.29, 0.717) is 0 Å². The quantitative estimate of drug-likeness (QED) is 0.726. The topological polar surface area (TPSA) is 49.0 Å². The molecule has 0 spiro atoms. The number of nitrogens with one attached hydrogen (secondary N) is 1. The van der Waals surface area contributed by atoms with E-state index in [9.17, 15) is 4.79 Å². The number of fused-ring (bicyclic) bond motifs is 1. The largest absolute Gasteiger partial charge is 0.361 e. The molecule has 0 radical (unpaired) electrons. The van der Waals surface area contributed by atoms with Crippen LogP contribution in [0.3, 0.4) is 0 Å². The predicted octanol–water partition coefficient (Wildman–Crippen LogP) is 4.29. The molecule has 1 aromatic heterocycles. The Labute approximate surface area is 147 Å². The van der Waals surface area contributed by atoms with Crippen molar-refractivity contribution in [1.29, 1.82) is 0 Å². The highest BCUT2D eigenvalue weighted by molar-refractivity contribution is 5.90. The molecule has 3 aromatic rings. The number of carbonyl (C=O) groups is 1. The van der Waals surface area contributed by atoms with Crippen molar-refractivity contribution in [2.75, 3.05) is 11.4 Å². The number of benzene rings is 2. The summed E-state index contributed by atoms with van der Waals surface area (Å²) in [4.78, 5) is 13.7. The summed E-state index contributed by atoms with van der Waals surface area (Å²) in [6.07, 6.45) is 8.40. The van der Waals surface area contributed by atoms with Gasteiger partial charge in [0, 0.05) is 17.6 Å². The monoisotopic (exact) mass is 331 g/mol. The van der Waals surface area contributed by atoms with Crippen LogP contribution in [0, 0.1) is 0 Å². The van der Waals surface area contributed by atoms with Gasteiger partial charge in [-0.15, -0.1) is 0 Å². The third-order valence-electron chi connectivity index (χ3n) is 4.87. The van der Waals surface area contributed by atoms with Crippen molar-refractivity contribution in [2.45, 2.75) is 25.3 Å². The van der Waals surface area contributed by atoms with E-state index in [0.717, 1.165) is 59.9 Å². The summed E-state index contributed by atoms with van der Waals surface area (Å²) in [6.45, 7) is 0.930. The van der Waals surface area contributed by atoms with Crippen LogP contribution in [0.15, 0.2) is 48.5 Å². The molecule has 0 amide bonds. The number of carbonyl (C=O) groups excluding carboxylic acids is 1. The van der Waals surface area contributed by atoms with Crippen LogP contribution in [-0.4, -0.2) is 29.1 Å². The third-order valence-corrected chi connectivity index (χ3v) is 4.87. The first-order chi connectivity index (χ1) is 12.4. The minimum Gasteiger partial charge on any atom is -0.361 e. The second kappa shape index (κ2) is 6.93. The molecule has 1 fully saturated rings. The number of rotatable bonds is 4. The molecule has 126 valence electrons. The van der Waals surface area contributed by atoms with E-state index in [4.69, 9.17) is 0 Å². The van der Waals surface area contributed by atoms with Crippen LogP contribution < -0.4 is 4.90 Å². The van der Waals surface area contributed by atoms with Crippen molar-refractivity contribution in [3.05, 3.63) is 59.8 Å². The van der Waals surface area contributed by atoms with Gasteiger partial charge in [0.15, 0.2) is 0 Å². The van der Waals surface area contributed by atoms with E-state index >= 15 is 0 Å². The number of piperidine rings is 1. The lowest BCUT2D eigenvalue weighted by atomic mass is 10.0. The van der Waals surface area contributed by atoms with Crippen molar-refractivity contribution < 1.29 is 4.79 Å². The van der Waals surface area contributed by atoms with Crippen LogP contribution in [-0.2, 0) is 4.79 Å². The van der Waals surface area contributed by atoms with Crippen molar-refractivity contribution in [1.82, 2.24) is 10.2 Å². The molecule has 4 heteroatoms. The van der Waals surface area contributed by atoms with Crippen LogP contribution in [0.4, 0.5) is 5.69 Å². The van der Waals surface area contributed by atoms with Gasteiger partial charge >= 0.3 is 0 Å². The molecule has 0 saturated carbocycles. The van der Waals surface area contributed by atoms with Gasteiger partial charge in [-0.25, -0.2) is 0 Å². The summed E-state index contributed by atoms with van der Waals surface area (Å²) < 4.78 is 0.